The SMILES string of the molecule is Cc1ccc(Br)cc1C(C(C)CCN)N(C)C. The van der Waals surface area contributed by atoms with Crippen molar-refractivity contribution >= 4 is 15.9 Å². The largest absolute Gasteiger partial charge is 0.330 e. The molecule has 2 atom stereocenters. The highest BCUT2D eigenvalue weighted by molar-refractivity contribution is 9.10. The highest BCUT2D eigenvalue weighted by Gasteiger charge is 2.22. The second-order valence-corrected chi connectivity index (χ2v) is 5.88. The molecule has 0 saturated carbocycles. The summed E-state index contributed by atoms with van der Waals surface area (Å²) in [6, 6.07) is 6.92. The van der Waals surface area contributed by atoms with Gasteiger partial charge in [-0.25, -0.2) is 0 Å². The smallest absolute Gasteiger partial charge is 0.0371 e. The molecule has 96 valence electrons. The van der Waals surface area contributed by atoms with E-state index in [9.17, 15) is 0 Å². The zero-order chi connectivity index (χ0) is 13.0. The van der Waals surface area contributed by atoms with Crippen molar-refractivity contribution in [1.29, 1.82) is 0 Å². The minimum absolute atomic E-state index is 0.427. The number of nitrogens with two attached hydrogens (primary N) is 1. The first-order chi connectivity index (χ1) is 7.97. The van der Waals surface area contributed by atoms with Gasteiger partial charge in [-0.2, -0.15) is 0 Å². The normalized spacial score (nSPS) is 15.0. The lowest BCUT2D eigenvalue weighted by atomic mass is 9.88. The van der Waals surface area contributed by atoms with Gasteiger partial charge in [0.2, 0.25) is 0 Å². The van der Waals surface area contributed by atoms with E-state index >= 15 is 0 Å². The van der Waals surface area contributed by atoms with Gasteiger partial charge in [-0.1, -0.05) is 28.9 Å². The van der Waals surface area contributed by atoms with Gasteiger partial charge in [0, 0.05) is 10.5 Å². The number of nitrogens with zero attached hydrogens (tertiary/aromatic N) is 1. The second-order valence-electron chi connectivity index (χ2n) is 4.96. The van der Waals surface area contributed by atoms with Crippen molar-refractivity contribution in [1.82, 2.24) is 4.90 Å². The summed E-state index contributed by atoms with van der Waals surface area (Å²) in [7, 11) is 4.27. The predicted octanol–water partition coefficient (Wildman–Crippen LogP) is 3.35. The van der Waals surface area contributed by atoms with Crippen molar-refractivity contribution in [3.05, 3.63) is 33.8 Å². The van der Waals surface area contributed by atoms with Gasteiger partial charge >= 0.3 is 0 Å². The second kappa shape index (κ2) is 6.53. The molecular weight excluding hydrogens is 276 g/mol. The molecule has 0 spiro atoms. The lowest BCUT2D eigenvalue weighted by Gasteiger charge is -2.31. The van der Waals surface area contributed by atoms with Crippen LogP contribution in [0.5, 0.6) is 0 Å². The van der Waals surface area contributed by atoms with Crippen LogP contribution in [-0.4, -0.2) is 25.5 Å². The molecule has 0 aliphatic carbocycles. The fourth-order valence-electron chi connectivity index (χ4n) is 2.44. The molecule has 0 amide bonds. The Morgan fingerprint density at radius 1 is 1.35 bits per heavy atom. The molecule has 17 heavy (non-hydrogen) atoms. The van der Waals surface area contributed by atoms with Gasteiger partial charge in [0.1, 0.15) is 0 Å². The Morgan fingerprint density at radius 2 is 2.00 bits per heavy atom. The van der Waals surface area contributed by atoms with Crippen molar-refractivity contribution in [2.24, 2.45) is 11.7 Å². The molecule has 0 aliphatic heterocycles. The number of benzene rings is 1. The Kier molecular flexibility index (Phi) is 5.63. The van der Waals surface area contributed by atoms with Gasteiger partial charge in [0.15, 0.2) is 0 Å². The van der Waals surface area contributed by atoms with E-state index in [1.165, 1.54) is 11.1 Å². The maximum absolute atomic E-state index is 5.69. The van der Waals surface area contributed by atoms with Gasteiger partial charge < -0.3 is 10.6 Å². The summed E-state index contributed by atoms with van der Waals surface area (Å²) in [5.74, 6) is 0.558. The molecule has 0 fully saturated rings. The minimum Gasteiger partial charge on any atom is -0.330 e. The summed E-state index contributed by atoms with van der Waals surface area (Å²) in [6.45, 7) is 5.20. The Balaban J connectivity index is 3.09. The van der Waals surface area contributed by atoms with E-state index < -0.39 is 0 Å². The van der Waals surface area contributed by atoms with Crippen molar-refractivity contribution in [2.75, 3.05) is 20.6 Å². The van der Waals surface area contributed by atoms with E-state index in [2.05, 4.69) is 67.0 Å². The van der Waals surface area contributed by atoms with Crippen LogP contribution in [0, 0.1) is 12.8 Å². The third kappa shape index (κ3) is 3.80. The molecule has 2 nitrogen and oxygen atoms in total. The minimum atomic E-state index is 0.427. The zero-order valence-corrected chi connectivity index (χ0v) is 12.8. The van der Waals surface area contributed by atoms with E-state index in [0.29, 0.717) is 12.0 Å². The number of hydrogen-bond donors (Lipinski definition) is 1. The Bertz CT molecular complexity index is 363. The lowest BCUT2D eigenvalue weighted by molar-refractivity contribution is 0.216. The number of rotatable bonds is 5. The maximum atomic E-state index is 5.69. The maximum Gasteiger partial charge on any atom is 0.0371 e. The summed E-state index contributed by atoms with van der Waals surface area (Å²) in [5.41, 5.74) is 8.42. The molecule has 0 aliphatic rings. The van der Waals surface area contributed by atoms with Gasteiger partial charge in [-0.05, 0) is 63.2 Å². The van der Waals surface area contributed by atoms with E-state index in [0.717, 1.165) is 17.4 Å². The zero-order valence-electron chi connectivity index (χ0n) is 11.2. The predicted molar refractivity (Wildman–Crippen MR) is 78.1 cm³/mol. The van der Waals surface area contributed by atoms with Crippen LogP contribution in [0.3, 0.4) is 0 Å². The third-order valence-corrected chi connectivity index (χ3v) is 3.77. The number of hydrogen-bond acceptors (Lipinski definition) is 2. The first kappa shape index (κ1) is 14.7. The van der Waals surface area contributed by atoms with Crippen LogP contribution in [0.15, 0.2) is 22.7 Å². The highest BCUT2D eigenvalue weighted by atomic mass is 79.9. The average Bonchev–Trinajstić information content (AvgIpc) is 2.23. The molecule has 0 heterocycles. The molecular formula is C14H23BrN2. The summed E-state index contributed by atoms with van der Waals surface area (Å²) in [4.78, 5) is 2.29. The van der Waals surface area contributed by atoms with Gasteiger partial charge in [-0.3, -0.25) is 0 Å². The standard InChI is InChI=1S/C14H23BrN2/c1-10-5-6-12(15)9-13(10)14(17(3)4)11(2)7-8-16/h5-6,9,11,14H,7-8,16H2,1-4H3. The molecule has 0 aromatic heterocycles. The summed E-state index contributed by atoms with van der Waals surface area (Å²) in [5, 5.41) is 0. The van der Waals surface area contributed by atoms with E-state index in [4.69, 9.17) is 5.73 Å². The van der Waals surface area contributed by atoms with E-state index in [-0.39, 0.29) is 0 Å². The van der Waals surface area contributed by atoms with Crippen LogP contribution in [0.1, 0.15) is 30.5 Å². The molecule has 2 unspecified atom stereocenters. The van der Waals surface area contributed by atoms with E-state index in [1.54, 1.807) is 0 Å². The molecule has 0 radical (unpaired) electrons. The monoisotopic (exact) mass is 298 g/mol. The van der Waals surface area contributed by atoms with Gasteiger partial charge in [0.05, 0.1) is 0 Å². The van der Waals surface area contributed by atoms with Crippen LogP contribution in [0.4, 0.5) is 0 Å². The number of aryl methyl sites for hydroxylation is 1. The van der Waals surface area contributed by atoms with Crippen molar-refractivity contribution in [3.8, 4) is 0 Å². The molecule has 0 saturated heterocycles. The van der Waals surface area contributed by atoms with Crippen LogP contribution in [-0.2, 0) is 0 Å². The summed E-state index contributed by atoms with van der Waals surface area (Å²) < 4.78 is 1.14. The summed E-state index contributed by atoms with van der Waals surface area (Å²) >= 11 is 3.56. The van der Waals surface area contributed by atoms with E-state index in [1.807, 2.05) is 0 Å². The molecule has 2 N–H and O–H groups in total. The van der Waals surface area contributed by atoms with Gasteiger partial charge in [-0.15, -0.1) is 0 Å². The van der Waals surface area contributed by atoms with Crippen LogP contribution >= 0.6 is 15.9 Å². The van der Waals surface area contributed by atoms with Crippen molar-refractivity contribution < 1.29 is 0 Å². The Labute approximate surface area is 113 Å². The number of halogens is 1. The fourth-order valence-corrected chi connectivity index (χ4v) is 2.82. The average molecular weight is 299 g/mol. The first-order valence-corrected chi connectivity index (χ1v) is 6.89. The third-order valence-electron chi connectivity index (χ3n) is 3.28. The quantitative estimate of drug-likeness (QED) is 0.903. The van der Waals surface area contributed by atoms with Crippen molar-refractivity contribution in [2.45, 2.75) is 26.3 Å². The molecule has 0 bridgehead atoms. The molecule has 1 aromatic carbocycles. The molecule has 1 rings (SSSR count). The van der Waals surface area contributed by atoms with Crippen LogP contribution in [0.25, 0.3) is 0 Å². The lowest BCUT2D eigenvalue weighted by Crippen LogP contribution is -2.28. The van der Waals surface area contributed by atoms with Gasteiger partial charge in [0.25, 0.3) is 0 Å². The highest BCUT2D eigenvalue weighted by Crippen LogP contribution is 2.32. The molecule has 3 heteroatoms. The van der Waals surface area contributed by atoms with Crippen molar-refractivity contribution in [3.63, 3.8) is 0 Å². The fraction of sp³-hybridized carbons (Fsp3) is 0.571. The Morgan fingerprint density at radius 3 is 2.53 bits per heavy atom. The first-order valence-electron chi connectivity index (χ1n) is 6.10. The molecule has 1 aromatic rings. The topological polar surface area (TPSA) is 29.3 Å². The van der Waals surface area contributed by atoms with Crippen LogP contribution < -0.4 is 5.73 Å². The van der Waals surface area contributed by atoms with Crippen LogP contribution in [0.2, 0.25) is 0 Å². The summed E-state index contributed by atoms with van der Waals surface area (Å²) in [6.07, 6.45) is 1.05. The Hall–Kier alpha value is -0.380.